The highest BCUT2D eigenvalue weighted by molar-refractivity contribution is 5.64. The van der Waals surface area contributed by atoms with Gasteiger partial charge < -0.3 is 0 Å². The summed E-state index contributed by atoms with van der Waals surface area (Å²) < 4.78 is 0. The topological polar surface area (TPSA) is 0 Å². The Kier molecular flexibility index (Phi) is 12.0. The third kappa shape index (κ3) is 6.81. The lowest BCUT2D eigenvalue weighted by molar-refractivity contribution is 1.38. The van der Waals surface area contributed by atoms with E-state index in [0.29, 0.717) is 0 Å². The molecule has 106 valence electrons. The van der Waals surface area contributed by atoms with Crippen LogP contribution in [0.5, 0.6) is 0 Å². The molecule has 0 saturated carbocycles. The Morgan fingerprint density at radius 3 is 1.42 bits per heavy atom. The number of rotatable bonds is 1. The minimum absolute atomic E-state index is 0. The van der Waals surface area contributed by atoms with Crippen LogP contribution in [0.2, 0.25) is 0 Å². The van der Waals surface area contributed by atoms with E-state index < -0.39 is 0 Å². The first kappa shape index (κ1) is 19.8. The first-order valence-corrected chi connectivity index (χ1v) is 6.89. The molecule has 0 unspecified atom stereocenters. The number of hydrogen-bond donors (Lipinski definition) is 0. The molecular formula is C19H30. The van der Waals surface area contributed by atoms with Crippen molar-refractivity contribution in [1.29, 1.82) is 0 Å². The predicted molar refractivity (Wildman–Crippen MR) is 90.8 cm³/mol. The Bertz CT molecular complexity index is 407. The third-order valence-electron chi connectivity index (χ3n) is 2.33. The number of hydrogen-bond acceptors (Lipinski definition) is 0. The minimum Gasteiger partial charge on any atom is -0.0776 e. The van der Waals surface area contributed by atoms with Crippen molar-refractivity contribution in [3.8, 4) is 11.1 Å². The molecule has 19 heavy (non-hydrogen) atoms. The van der Waals surface area contributed by atoms with Crippen molar-refractivity contribution in [2.75, 3.05) is 0 Å². The van der Waals surface area contributed by atoms with Crippen LogP contribution in [0, 0.1) is 13.8 Å². The fraction of sp³-hybridized carbons (Fsp3) is 0.368. The molecule has 0 N–H and O–H groups in total. The van der Waals surface area contributed by atoms with Crippen LogP contribution in [0.4, 0.5) is 0 Å². The summed E-state index contributed by atoms with van der Waals surface area (Å²) in [6, 6.07) is 17.1. The lowest BCUT2D eigenvalue weighted by Gasteiger charge is -2.04. The van der Waals surface area contributed by atoms with Gasteiger partial charge >= 0.3 is 0 Å². The Hall–Kier alpha value is -1.56. The van der Waals surface area contributed by atoms with Gasteiger partial charge in [-0.25, -0.2) is 0 Å². The lowest BCUT2D eigenvalue weighted by atomic mass is 10.0. The van der Waals surface area contributed by atoms with E-state index in [9.17, 15) is 0 Å². The smallest absolute Gasteiger partial charge is 0.0179 e. The van der Waals surface area contributed by atoms with Crippen molar-refractivity contribution in [2.24, 2.45) is 0 Å². The van der Waals surface area contributed by atoms with Crippen molar-refractivity contribution in [3.63, 3.8) is 0 Å². The first-order valence-electron chi connectivity index (χ1n) is 6.89. The van der Waals surface area contributed by atoms with Gasteiger partial charge in [-0.1, -0.05) is 94.8 Å². The highest BCUT2D eigenvalue weighted by Gasteiger charge is 1.97. The van der Waals surface area contributed by atoms with Gasteiger partial charge in [-0.2, -0.15) is 0 Å². The molecule has 2 aromatic carbocycles. The van der Waals surface area contributed by atoms with Crippen molar-refractivity contribution >= 4 is 0 Å². The molecule has 0 aliphatic rings. The van der Waals surface area contributed by atoms with E-state index in [4.69, 9.17) is 0 Å². The highest BCUT2D eigenvalue weighted by atomic mass is 14.0. The van der Waals surface area contributed by atoms with Crippen molar-refractivity contribution in [1.82, 2.24) is 0 Å². The molecule has 0 radical (unpaired) electrons. The first-order chi connectivity index (χ1) is 8.75. The molecular weight excluding hydrogens is 228 g/mol. The summed E-state index contributed by atoms with van der Waals surface area (Å²) in [7, 11) is 0. The molecule has 0 heterocycles. The normalized spacial score (nSPS) is 8.11. The summed E-state index contributed by atoms with van der Waals surface area (Å²) in [4.78, 5) is 0. The Labute approximate surface area is 120 Å². The van der Waals surface area contributed by atoms with Crippen LogP contribution in [-0.2, 0) is 0 Å². The van der Waals surface area contributed by atoms with Crippen LogP contribution in [0.3, 0.4) is 0 Å². The van der Waals surface area contributed by atoms with Crippen LogP contribution in [0.25, 0.3) is 11.1 Å². The summed E-state index contributed by atoms with van der Waals surface area (Å²) in [5, 5.41) is 0. The molecule has 2 aromatic rings. The van der Waals surface area contributed by atoms with Crippen molar-refractivity contribution < 1.29 is 0 Å². The monoisotopic (exact) mass is 258 g/mol. The van der Waals surface area contributed by atoms with Crippen LogP contribution < -0.4 is 0 Å². The third-order valence-corrected chi connectivity index (χ3v) is 2.33. The second kappa shape index (κ2) is 11.5. The molecule has 0 spiro atoms. The SMILES string of the molecule is C.CC.CC.Cc1cc(C)cc(-c2ccccc2)c1. The van der Waals surface area contributed by atoms with Crippen molar-refractivity contribution in [2.45, 2.75) is 49.0 Å². The molecule has 0 nitrogen and oxygen atoms in total. The fourth-order valence-corrected chi connectivity index (χ4v) is 1.77. The average Bonchev–Trinajstić information content (AvgIpc) is 2.43. The summed E-state index contributed by atoms with van der Waals surface area (Å²) in [6.45, 7) is 12.3. The number of benzene rings is 2. The molecule has 0 fully saturated rings. The van der Waals surface area contributed by atoms with Gasteiger partial charge in [0.15, 0.2) is 0 Å². The van der Waals surface area contributed by atoms with Gasteiger partial charge in [-0.3, -0.25) is 0 Å². The van der Waals surface area contributed by atoms with Crippen LogP contribution in [0.1, 0.15) is 46.2 Å². The zero-order valence-electron chi connectivity index (χ0n) is 12.6. The van der Waals surface area contributed by atoms with E-state index in [2.05, 4.69) is 56.3 Å². The molecule has 0 aliphatic carbocycles. The van der Waals surface area contributed by atoms with Gasteiger partial charge in [0.05, 0.1) is 0 Å². The molecule has 0 bridgehead atoms. The van der Waals surface area contributed by atoms with Crippen molar-refractivity contribution in [3.05, 3.63) is 59.7 Å². The van der Waals surface area contributed by atoms with Gasteiger partial charge in [0.1, 0.15) is 0 Å². The van der Waals surface area contributed by atoms with E-state index in [-0.39, 0.29) is 7.43 Å². The summed E-state index contributed by atoms with van der Waals surface area (Å²) >= 11 is 0. The predicted octanol–water partition coefficient (Wildman–Crippen LogP) is 6.66. The average molecular weight is 258 g/mol. The molecule has 0 aliphatic heterocycles. The largest absolute Gasteiger partial charge is 0.0776 e. The Balaban J connectivity index is 0. The Morgan fingerprint density at radius 2 is 1.00 bits per heavy atom. The molecule has 0 aromatic heterocycles. The molecule has 0 atom stereocenters. The van der Waals surface area contributed by atoms with Crippen LogP contribution in [-0.4, -0.2) is 0 Å². The zero-order chi connectivity index (χ0) is 14.0. The summed E-state index contributed by atoms with van der Waals surface area (Å²) in [6.07, 6.45) is 0. The van der Waals surface area contributed by atoms with Gasteiger partial charge in [0.25, 0.3) is 0 Å². The van der Waals surface area contributed by atoms with Gasteiger partial charge in [0, 0.05) is 0 Å². The van der Waals surface area contributed by atoms with Crippen LogP contribution >= 0.6 is 0 Å². The molecule has 0 heteroatoms. The van der Waals surface area contributed by atoms with E-state index in [1.165, 1.54) is 22.3 Å². The van der Waals surface area contributed by atoms with E-state index in [0.717, 1.165) is 0 Å². The maximum Gasteiger partial charge on any atom is -0.0179 e. The second-order valence-electron chi connectivity index (χ2n) is 3.74. The van der Waals surface area contributed by atoms with E-state index in [1.807, 2.05) is 33.8 Å². The summed E-state index contributed by atoms with van der Waals surface area (Å²) in [5.41, 5.74) is 5.25. The van der Waals surface area contributed by atoms with Gasteiger partial charge in [-0.05, 0) is 25.0 Å². The zero-order valence-corrected chi connectivity index (χ0v) is 12.6. The molecule has 0 saturated heterocycles. The number of aryl methyl sites for hydroxylation is 2. The quantitative estimate of drug-likeness (QED) is 0.536. The minimum atomic E-state index is 0. The molecule has 0 amide bonds. The fourth-order valence-electron chi connectivity index (χ4n) is 1.77. The maximum absolute atomic E-state index is 2.22. The molecule has 2 rings (SSSR count). The van der Waals surface area contributed by atoms with Gasteiger partial charge in [-0.15, -0.1) is 0 Å². The van der Waals surface area contributed by atoms with E-state index in [1.54, 1.807) is 0 Å². The second-order valence-corrected chi connectivity index (χ2v) is 3.74. The summed E-state index contributed by atoms with van der Waals surface area (Å²) in [5.74, 6) is 0. The van der Waals surface area contributed by atoms with Gasteiger partial charge in [0.2, 0.25) is 0 Å². The van der Waals surface area contributed by atoms with E-state index >= 15 is 0 Å². The highest BCUT2D eigenvalue weighted by Crippen LogP contribution is 2.21. The van der Waals surface area contributed by atoms with Crippen LogP contribution in [0.15, 0.2) is 48.5 Å². The standard InChI is InChI=1S/C14H14.2C2H6.CH4/c1-11-8-12(2)10-14(9-11)13-6-4-3-5-7-13;2*1-2;/h3-10H,1-2H3;2*1-2H3;1H4. The maximum atomic E-state index is 2.22. The lowest BCUT2D eigenvalue weighted by Crippen LogP contribution is -1.81. The Morgan fingerprint density at radius 1 is 0.579 bits per heavy atom.